The summed E-state index contributed by atoms with van der Waals surface area (Å²) in [6.07, 6.45) is 3.93. The summed E-state index contributed by atoms with van der Waals surface area (Å²) in [5, 5.41) is 2.24. The molecule has 1 aliphatic carbocycles. The first-order valence-electron chi connectivity index (χ1n) is 6.33. The normalized spacial score (nSPS) is 34.5. The minimum Gasteiger partial charge on any atom is -0.330 e. The molecule has 3 heteroatoms. The van der Waals surface area contributed by atoms with E-state index in [0.717, 1.165) is 18.5 Å². The highest BCUT2D eigenvalue weighted by Gasteiger charge is 2.38. The predicted molar refractivity (Wildman–Crippen MR) is 68.7 cm³/mol. The summed E-state index contributed by atoms with van der Waals surface area (Å²) in [5.74, 6) is 0.752. The van der Waals surface area contributed by atoms with Crippen LogP contribution in [0.1, 0.15) is 36.2 Å². The molecule has 0 spiro atoms. The molecule has 0 amide bonds. The van der Waals surface area contributed by atoms with Crippen LogP contribution in [0.5, 0.6) is 0 Å². The molecule has 0 bridgehead atoms. The Morgan fingerprint density at radius 3 is 3.06 bits per heavy atom. The van der Waals surface area contributed by atoms with Crippen molar-refractivity contribution in [2.45, 2.75) is 38.3 Å². The van der Waals surface area contributed by atoms with Gasteiger partial charge in [0.15, 0.2) is 0 Å². The maximum Gasteiger partial charge on any atom is 0.0334 e. The third kappa shape index (κ3) is 1.53. The molecule has 0 radical (unpaired) electrons. The second kappa shape index (κ2) is 4.13. The van der Waals surface area contributed by atoms with E-state index >= 15 is 0 Å². The Bertz CT molecular complexity index is 372. The van der Waals surface area contributed by atoms with Gasteiger partial charge >= 0.3 is 0 Å². The first-order chi connectivity index (χ1) is 7.81. The molecule has 3 atom stereocenters. The summed E-state index contributed by atoms with van der Waals surface area (Å²) in [6, 6.07) is 3.68. The number of hydrogen-bond acceptors (Lipinski definition) is 3. The summed E-state index contributed by atoms with van der Waals surface area (Å²) in [6.45, 7) is 4.46. The molecule has 0 saturated heterocycles. The van der Waals surface area contributed by atoms with Crippen LogP contribution < -0.4 is 5.73 Å². The van der Waals surface area contributed by atoms with Gasteiger partial charge in [-0.1, -0.05) is 0 Å². The number of hydrogen-bond donors (Lipinski definition) is 1. The largest absolute Gasteiger partial charge is 0.330 e. The molecule has 1 fully saturated rings. The second-order valence-electron chi connectivity index (χ2n) is 5.10. The topological polar surface area (TPSA) is 29.3 Å². The van der Waals surface area contributed by atoms with Crippen molar-refractivity contribution >= 4 is 11.3 Å². The quantitative estimate of drug-likeness (QED) is 0.854. The van der Waals surface area contributed by atoms with Crippen LogP contribution >= 0.6 is 11.3 Å². The van der Waals surface area contributed by atoms with E-state index in [1.807, 2.05) is 11.3 Å². The van der Waals surface area contributed by atoms with Crippen molar-refractivity contribution in [3.8, 4) is 0 Å². The van der Waals surface area contributed by atoms with Gasteiger partial charge in [0.05, 0.1) is 0 Å². The van der Waals surface area contributed by atoms with E-state index in [1.54, 1.807) is 10.4 Å². The Kier molecular flexibility index (Phi) is 2.78. The molecule has 3 rings (SSSR count). The Balaban J connectivity index is 1.79. The summed E-state index contributed by atoms with van der Waals surface area (Å²) in [4.78, 5) is 4.29. The molecule has 2 nitrogen and oxygen atoms in total. The average Bonchev–Trinajstić information content (AvgIpc) is 2.70. The van der Waals surface area contributed by atoms with Crippen LogP contribution in [0, 0.1) is 5.92 Å². The van der Waals surface area contributed by atoms with E-state index in [4.69, 9.17) is 5.73 Å². The van der Waals surface area contributed by atoms with Gasteiger partial charge in [-0.2, -0.15) is 0 Å². The molecule has 0 aromatic carbocycles. The van der Waals surface area contributed by atoms with Crippen molar-refractivity contribution in [3.63, 3.8) is 0 Å². The molecule has 88 valence electrons. The van der Waals surface area contributed by atoms with Crippen molar-refractivity contribution in [1.82, 2.24) is 4.90 Å². The number of thiophene rings is 1. The highest BCUT2D eigenvalue weighted by molar-refractivity contribution is 7.10. The lowest BCUT2D eigenvalue weighted by Gasteiger charge is -2.48. The van der Waals surface area contributed by atoms with Gasteiger partial charge in [0.1, 0.15) is 0 Å². The molecular weight excluding hydrogens is 216 g/mol. The van der Waals surface area contributed by atoms with Gasteiger partial charge in [0, 0.05) is 23.5 Å². The number of nitrogens with two attached hydrogens (primary N) is 1. The molecule has 2 aliphatic rings. The fraction of sp³-hybridized carbons (Fsp3) is 0.692. The molecule has 1 aromatic heterocycles. The van der Waals surface area contributed by atoms with Gasteiger partial charge in [0.2, 0.25) is 0 Å². The van der Waals surface area contributed by atoms with Crippen molar-refractivity contribution in [1.29, 1.82) is 0 Å². The Morgan fingerprint density at radius 1 is 1.50 bits per heavy atom. The van der Waals surface area contributed by atoms with E-state index in [2.05, 4.69) is 23.3 Å². The Morgan fingerprint density at radius 2 is 2.38 bits per heavy atom. The maximum atomic E-state index is 5.83. The van der Waals surface area contributed by atoms with Crippen LogP contribution in [0.2, 0.25) is 0 Å². The van der Waals surface area contributed by atoms with E-state index in [1.165, 1.54) is 25.8 Å². The van der Waals surface area contributed by atoms with Gasteiger partial charge in [-0.15, -0.1) is 11.3 Å². The smallest absolute Gasteiger partial charge is 0.0334 e. The predicted octanol–water partition coefficient (Wildman–Crippen LogP) is 2.40. The van der Waals surface area contributed by atoms with Crippen molar-refractivity contribution in [2.24, 2.45) is 11.7 Å². The maximum absolute atomic E-state index is 5.83. The van der Waals surface area contributed by atoms with Crippen LogP contribution in [0.15, 0.2) is 11.4 Å². The molecule has 3 unspecified atom stereocenters. The highest BCUT2D eigenvalue weighted by Crippen LogP contribution is 2.40. The van der Waals surface area contributed by atoms with Crippen molar-refractivity contribution in [2.75, 3.05) is 13.1 Å². The highest BCUT2D eigenvalue weighted by atomic mass is 32.1. The van der Waals surface area contributed by atoms with E-state index in [-0.39, 0.29) is 0 Å². The third-order valence-corrected chi connectivity index (χ3v) is 5.43. The summed E-state index contributed by atoms with van der Waals surface area (Å²) < 4.78 is 0. The summed E-state index contributed by atoms with van der Waals surface area (Å²) >= 11 is 1.92. The zero-order valence-corrected chi connectivity index (χ0v) is 10.7. The number of nitrogens with zero attached hydrogens (tertiary/aromatic N) is 1. The molecule has 1 aromatic rings. The van der Waals surface area contributed by atoms with E-state index in [9.17, 15) is 0 Å². The van der Waals surface area contributed by atoms with Gasteiger partial charge < -0.3 is 5.73 Å². The van der Waals surface area contributed by atoms with Gasteiger partial charge in [0.25, 0.3) is 0 Å². The fourth-order valence-corrected chi connectivity index (χ4v) is 4.21. The lowest BCUT2D eigenvalue weighted by molar-refractivity contribution is 0.0311. The van der Waals surface area contributed by atoms with E-state index < -0.39 is 0 Å². The minimum absolute atomic E-state index is 0.606. The van der Waals surface area contributed by atoms with E-state index in [0.29, 0.717) is 6.04 Å². The van der Waals surface area contributed by atoms with Gasteiger partial charge in [-0.05, 0) is 55.7 Å². The molecule has 2 heterocycles. The van der Waals surface area contributed by atoms with Crippen molar-refractivity contribution in [3.05, 3.63) is 21.9 Å². The van der Waals surface area contributed by atoms with Crippen LogP contribution in [0.3, 0.4) is 0 Å². The van der Waals surface area contributed by atoms with Gasteiger partial charge in [-0.3, -0.25) is 4.90 Å². The minimum atomic E-state index is 0.606. The molecule has 16 heavy (non-hydrogen) atoms. The first-order valence-corrected chi connectivity index (χ1v) is 7.21. The van der Waals surface area contributed by atoms with Crippen LogP contribution in [0.4, 0.5) is 0 Å². The number of fused-ring (bicyclic) bond motifs is 1. The molecule has 2 N–H and O–H groups in total. The van der Waals surface area contributed by atoms with Crippen LogP contribution in [-0.4, -0.2) is 24.0 Å². The third-order valence-electron chi connectivity index (χ3n) is 4.43. The summed E-state index contributed by atoms with van der Waals surface area (Å²) in [5.41, 5.74) is 7.39. The van der Waals surface area contributed by atoms with Crippen LogP contribution in [0.25, 0.3) is 0 Å². The lowest BCUT2D eigenvalue weighted by atomic mass is 9.77. The standard InChI is InChI=1S/C13H20N2S/c1-9-11-5-7-16-13(11)4-6-15(9)12-3-2-10(12)8-14/h5,7,9-10,12H,2-4,6,8,14H2,1H3. The van der Waals surface area contributed by atoms with Crippen LogP contribution in [-0.2, 0) is 6.42 Å². The Labute approximate surface area is 101 Å². The zero-order valence-electron chi connectivity index (χ0n) is 9.86. The monoisotopic (exact) mass is 236 g/mol. The lowest BCUT2D eigenvalue weighted by Crippen LogP contribution is -2.52. The van der Waals surface area contributed by atoms with Crippen molar-refractivity contribution < 1.29 is 0 Å². The summed E-state index contributed by atoms with van der Waals surface area (Å²) in [7, 11) is 0. The molecule has 1 saturated carbocycles. The number of rotatable bonds is 2. The first kappa shape index (κ1) is 10.8. The zero-order chi connectivity index (χ0) is 11.1. The fourth-order valence-electron chi connectivity index (χ4n) is 3.24. The Hall–Kier alpha value is -0.380. The van der Waals surface area contributed by atoms with Gasteiger partial charge in [-0.25, -0.2) is 0 Å². The second-order valence-corrected chi connectivity index (χ2v) is 6.10. The average molecular weight is 236 g/mol. The molecule has 1 aliphatic heterocycles. The molecular formula is C13H20N2S. The SMILES string of the molecule is CC1c2ccsc2CCN1C1CCC1CN.